The van der Waals surface area contributed by atoms with Crippen molar-refractivity contribution in [3.8, 4) is 0 Å². The van der Waals surface area contributed by atoms with Crippen LogP contribution in [-0.4, -0.2) is 19.7 Å². The fourth-order valence-electron chi connectivity index (χ4n) is 1.77. The fraction of sp³-hybridized carbons (Fsp3) is 0.214. The second kappa shape index (κ2) is 5.81. The second-order valence-corrected chi connectivity index (χ2v) is 7.02. The Bertz CT molecular complexity index is 682. The zero-order valence-electron chi connectivity index (χ0n) is 11.2. The summed E-state index contributed by atoms with van der Waals surface area (Å²) in [7, 11) is -3.16. The summed E-state index contributed by atoms with van der Waals surface area (Å²) in [4.78, 5) is 4.48. The highest BCUT2D eigenvalue weighted by Gasteiger charge is 2.09. The summed E-state index contributed by atoms with van der Waals surface area (Å²) < 4.78 is 22.8. The molecule has 0 radical (unpaired) electrons. The lowest BCUT2D eigenvalue weighted by Crippen LogP contribution is -2.08. The van der Waals surface area contributed by atoms with Gasteiger partial charge in [-0.05, 0) is 36.8 Å². The van der Waals surface area contributed by atoms with E-state index in [-0.39, 0.29) is 6.04 Å². The summed E-state index contributed by atoms with van der Waals surface area (Å²) in [6.07, 6.45) is 2.77. The molecule has 0 aliphatic rings. The third-order valence-electron chi connectivity index (χ3n) is 2.90. The van der Waals surface area contributed by atoms with Gasteiger partial charge in [0.1, 0.15) is 5.82 Å². The second-order valence-electron chi connectivity index (χ2n) is 4.57. The van der Waals surface area contributed by atoms with E-state index < -0.39 is 9.84 Å². The van der Waals surface area contributed by atoms with Crippen molar-refractivity contribution in [2.24, 2.45) is 0 Å². The minimum atomic E-state index is -3.16. The molecule has 0 aliphatic carbocycles. The number of aromatic nitrogens is 1. The largest absolute Gasteiger partial charge is 0.364 e. The van der Waals surface area contributed by atoms with Crippen LogP contribution >= 0.6 is 11.6 Å². The molecule has 20 heavy (non-hydrogen) atoms. The quantitative estimate of drug-likeness (QED) is 0.941. The van der Waals surface area contributed by atoms with Gasteiger partial charge in [0.15, 0.2) is 9.84 Å². The van der Waals surface area contributed by atoms with Crippen molar-refractivity contribution in [2.75, 3.05) is 11.6 Å². The Morgan fingerprint density at radius 3 is 2.30 bits per heavy atom. The average Bonchev–Trinajstić information content (AvgIpc) is 2.40. The number of nitrogens with zero attached hydrogens (tertiary/aromatic N) is 1. The summed E-state index contributed by atoms with van der Waals surface area (Å²) in [5, 5.41) is 3.81. The first kappa shape index (κ1) is 14.8. The first-order valence-corrected chi connectivity index (χ1v) is 8.31. The van der Waals surface area contributed by atoms with Crippen LogP contribution in [0.5, 0.6) is 0 Å². The van der Waals surface area contributed by atoms with Gasteiger partial charge >= 0.3 is 0 Å². The maximum Gasteiger partial charge on any atom is 0.175 e. The van der Waals surface area contributed by atoms with Gasteiger partial charge < -0.3 is 5.32 Å². The highest BCUT2D eigenvalue weighted by atomic mass is 35.5. The first-order valence-electron chi connectivity index (χ1n) is 6.04. The van der Waals surface area contributed by atoms with Gasteiger partial charge in [-0.25, -0.2) is 13.4 Å². The van der Waals surface area contributed by atoms with E-state index in [0.29, 0.717) is 15.7 Å². The van der Waals surface area contributed by atoms with E-state index in [1.54, 1.807) is 42.6 Å². The highest BCUT2D eigenvalue weighted by molar-refractivity contribution is 7.90. The number of rotatable bonds is 4. The Kier molecular flexibility index (Phi) is 4.30. The molecule has 6 heteroatoms. The predicted molar refractivity (Wildman–Crippen MR) is 80.8 cm³/mol. The van der Waals surface area contributed by atoms with Crippen LogP contribution < -0.4 is 5.32 Å². The van der Waals surface area contributed by atoms with Gasteiger partial charge in [-0.15, -0.1) is 0 Å². The lowest BCUT2D eigenvalue weighted by Gasteiger charge is -2.15. The smallest absolute Gasteiger partial charge is 0.175 e. The number of anilines is 1. The van der Waals surface area contributed by atoms with Gasteiger partial charge in [0, 0.05) is 18.5 Å². The monoisotopic (exact) mass is 310 g/mol. The molecular weight excluding hydrogens is 296 g/mol. The van der Waals surface area contributed by atoms with Gasteiger partial charge in [-0.1, -0.05) is 23.7 Å². The lowest BCUT2D eigenvalue weighted by atomic mass is 10.1. The molecule has 1 N–H and O–H groups in total. The molecule has 2 aromatic rings. The molecule has 1 heterocycles. The summed E-state index contributed by atoms with van der Waals surface area (Å²) in [6, 6.07) is 10.4. The Labute approximate surface area is 123 Å². The molecule has 0 amide bonds. The van der Waals surface area contributed by atoms with E-state index in [2.05, 4.69) is 10.3 Å². The van der Waals surface area contributed by atoms with Crippen molar-refractivity contribution in [3.63, 3.8) is 0 Å². The average molecular weight is 311 g/mol. The molecule has 0 saturated carbocycles. The van der Waals surface area contributed by atoms with Crippen LogP contribution in [-0.2, 0) is 9.84 Å². The van der Waals surface area contributed by atoms with Gasteiger partial charge in [0.2, 0.25) is 0 Å². The van der Waals surface area contributed by atoms with Crippen LogP contribution in [0.2, 0.25) is 5.02 Å². The van der Waals surface area contributed by atoms with Crippen molar-refractivity contribution in [3.05, 3.63) is 53.2 Å². The van der Waals surface area contributed by atoms with Gasteiger partial charge in [0.25, 0.3) is 0 Å². The number of hydrogen-bond donors (Lipinski definition) is 1. The van der Waals surface area contributed by atoms with Crippen LogP contribution in [0.3, 0.4) is 0 Å². The molecule has 2 rings (SSSR count). The number of pyridine rings is 1. The predicted octanol–water partition coefficient (Wildman–Crippen LogP) is 3.31. The van der Waals surface area contributed by atoms with Crippen molar-refractivity contribution in [1.29, 1.82) is 0 Å². The lowest BCUT2D eigenvalue weighted by molar-refractivity contribution is 0.602. The molecule has 106 valence electrons. The number of hydrogen-bond acceptors (Lipinski definition) is 4. The van der Waals surface area contributed by atoms with Crippen LogP contribution in [0, 0.1) is 0 Å². The molecule has 0 bridgehead atoms. The molecule has 0 unspecified atom stereocenters. The third kappa shape index (κ3) is 3.71. The normalized spacial score (nSPS) is 12.9. The minimum absolute atomic E-state index is 0.0114. The fourth-order valence-corrected chi connectivity index (χ4v) is 2.51. The van der Waals surface area contributed by atoms with E-state index in [4.69, 9.17) is 11.6 Å². The van der Waals surface area contributed by atoms with Crippen molar-refractivity contribution >= 4 is 27.3 Å². The van der Waals surface area contributed by atoms with Crippen LogP contribution in [0.4, 0.5) is 5.82 Å². The molecular formula is C14H15ClN2O2S. The van der Waals surface area contributed by atoms with Gasteiger partial charge in [-0.3, -0.25) is 0 Å². The molecule has 0 spiro atoms. The molecule has 0 aliphatic heterocycles. The first-order chi connectivity index (χ1) is 9.36. The molecule has 0 fully saturated rings. The third-order valence-corrected chi connectivity index (χ3v) is 4.25. The SMILES string of the molecule is C[C@H](Nc1ccc(Cl)cn1)c1ccc(S(C)(=O)=O)cc1. The number of nitrogens with one attached hydrogen (secondary N) is 1. The van der Waals surface area contributed by atoms with E-state index in [1.807, 2.05) is 6.92 Å². The van der Waals surface area contributed by atoms with Crippen molar-refractivity contribution < 1.29 is 8.42 Å². The molecule has 1 aromatic carbocycles. The van der Waals surface area contributed by atoms with Crippen molar-refractivity contribution in [2.45, 2.75) is 17.9 Å². The van der Waals surface area contributed by atoms with Crippen LogP contribution in [0.1, 0.15) is 18.5 Å². The van der Waals surface area contributed by atoms with E-state index in [1.165, 1.54) is 6.26 Å². The minimum Gasteiger partial charge on any atom is -0.364 e. The Balaban J connectivity index is 2.13. The zero-order valence-corrected chi connectivity index (χ0v) is 12.7. The summed E-state index contributed by atoms with van der Waals surface area (Å²) >= 11 is 5.78. The van der Waals surface area contributed by atoms with Crippen molar-refractivity contribution in [1.82, 2.24) is 4.98 Å². The van der Waals surface area contributed by atoms with Gasteiger partial charge in [-0.2, -0.15) is 0 Å². The van der Waals surface area contributed by atoms with E-state index in [0.717, 1.165) is 5.56 Å². The molecule has 0 saturated heterocycles. The zero-order chi connectivity index (χ0) is 14.8. The molecule has 1 atom stereocenters. The summed E-state index contributed by atoms with van der Waals surface area (Å²) in [5.41, 5.74) is 0.981. The Morgan fingerprint density at radius 2 is 1.80 bits per heavy atom. The standard InChI is InChI=1S/C14H15ClN2O2S/c1-10(17-14-8-5-12(15)9-16-14)11-3-6-13(7-4-11)20(2,18)19/h3-10H,1-2H3,(H,16,17)/t10-/m0/s1. The van der Waals surface area contributed by atoms with E-state index >= 15 is 0 Å². The van der Waals surface area contributed by atoms with E-state index in [9.17, 15) is 8.42 Å². The maximum atomic E-state index is 11.4. The molecule has 4 nitrogen and oxygen atoms in total. The Morgan fingerprint density at radius 1 is 1.15 bits per heavy atom. The Hall–Kier alpha value is -1.59. The highest BCUT2D eigenvalue weighted by Crippen LogP contribution is 2.20. The van der Waals surface area contributed by atoms with Gasteiger partial charge in [0.05, 0.1) is 9.92 Å². The summed E-state index contributed by atoms with van der Waals surface area (Å²) in [6.45, 7) is 1.98. The molecule has 1 aromatic heterocycles. The van der Waals surface area contributed by atoms with Crippen LogP contribution in [0.25, 0.3) is 0 Å². The maximum absolute atomic E-state index is 11.4. The summed E-state index contributed by atoms with van der Waals surface area (Å²) in [5.74, 6) is 0.717. The van der Waals surface area contributed by atoms with Crippen LogP contribution in [0.15, 0.2) is 47.5 Å². The number of benzene rings is 1. The number of halogens is 1. The number of sulfone groups is 1. The topological polar surface area (TPSA) is 59.1 Å².